The van der Waals surface area contributed by atoms with Gasteiger partial charge in [-0.2, -0.15) is 0 Å². The fraction of sp³-hybridized carbons (Fsp3) is 0.200. The van der Waals surface area contributed by atoms with Gasteiger partial charge in [-0.15, -0.1) is 0 Å². The summed E-state index contributed by atoms with van der Waals surface area (Å²) >= 11 is 0. The molecule has 0 aliphatic heterocycles. The monoisotopic (exact) mass is 443 g/mol. The van der Waals surface area contributed by atoms with Crippen LogP contribution in [0.5, 0.6) is 0 Å². The summed E-state index contributed by atoms with van der Waals surface area (Å²) in [6.45, 7) is 1.28. The number of hydrogen-bond donors (Lipinski definition) is 1. The lowest BCUT2D eigenvalue weighted by atomic mass is 9.86. The van der Waals surface area contributed by atoms with E-state index in [4.69, 9.17) is 18.7 Å². The Labute approximate surface area is 189 Å². The van der Waals surface area contributed by atoms with Crippen LogP contribution in [0.4, 0.5) is 5.82 Å². The molecular formula is C25H21N3O5. The van der Waals surface area contributed by atoms with Crippen molar-refractivity contribution in [2.45, 2.75) is 26.2 Å². The second kappa shape index (κ2) is 8.74. The summed E-state index contributed by atoms with van der Waals surface area (Å²) in [6, 6.07) is 12.7. The number of para-hydroxylation sites is 1. The lowest BCUT2D eigenvalue weighted by Gasteiger charge is -2.22. The van der Waals surface area contributed by atoms with Crippen molar-refractivity contribution in [3.8, 4) is 0 Å². The van der Waals surface area contributed by atoms with Gasteiger partial charge in [0.05, 0.1) is 23.0 Å². The molecular weight excluding hydrogens is 422 g/mol. The second-order valence-electron chi connectivity index (χ2n) is 7.82. The molecule has 0 atom stereocenters. The summed E-state index contributed by atoms with van der Waals surface area (Å²) in [5.41, 5.74) is 3.75. The standard InChI is InChI=1S/C25H21N3O5/c1-15-12-21(28-33-15)27-22(29)14-32-25(30)23-18-8-2-3-10-20(18)26-24-16(6-4-9-19(23)24)13-17-7-5-11-31-17/h2-3,5,7-8,10-13H,4,6,9,14H2,1H3,(H,27,28,29)/b16-13+. The first kappa shape index (κ1) is 20.7. The van der Waals surface area contributed by atoms with Gasteiger partial charge in [0.2, 0.25) is 0 Å². The van der Waals surface area contributed by atoms with E-state index in [0.29, 0.717) is 28.6 Å². The second-order valence-corrected chi connectivity index (χ2v) is 7.82. The quantitative estimate of drug-likeness (QED) is 0.442. The number of carbonyl (C=O) groups is 2. The average Bonchev–Trinajstić information content (AvgIpc) is 3.48. The molecule has 0 spiro atoms. The van der Waals surface area contributed by atoms with E-state index in [9.17, 15) is 9.59 Å². The number of carbonyl (C=O) groups excluding carboxylic acids is 2. The van der Waals surface area contributed by atoms with Crippen molar-refractivity contribution in [1.82, 2.24) is 10.1 Å². The smallest absolute Gasteiger partial charge is 0.339 e. The number of fused-ring (bicyclic) bond motifs is 2. The summed E-state index contributed by atoms with van der Waals surface area (Å²) in [4.78, 5) is 30.3. The molecule has 4 aromatic rings. The average molecular weight is 443 g/mol. The fourth-order valence-electron chi connectivity index (χ4n) is 4.06. The van der Waals surface area contributed by atoms with E-state index in [1.165, 1.54) is 0 Å². The Morgan fingerprint density at radius 2 is 2.06 bits per heavy atom. The summed E-state index contributed by atoms with van der Waals surface area (Å²) in [6.07, 6.45) is 5.97. The molecule has 0 bridgehead atoms. The Kier molecular flexibility index (Phi) is 5.48. The van der Waals surface area contributed by atoms with Gasteiger partial charge in [0.15, 0.2) is 12.4 Å². The Balaban J connectivity index is 1.47. The number of ether oxygens (including phenoxy) is 1. The number of anilines is 1. The highest BCUT2D eigenvalue weighted by molar-refractivity contribution is 6.07. The van der Waals surface area contributed by atoms with Crippen LogP contribution in [-0.2, 0) is 16.0 Å². The predicted molar refractivity (Wildman–Crippen MR) is 121 cm³/mol. The van der Waals surface area contributed by atoms with Gasteiger partial charge in [0.25, 0.3) is 5.91 Å². The van der Waals surface area contributed by atoms with Crippen molar-refractivity contribution in [2.24, 2.45) is 0 Å². The molecule has 0 saturated heterocycles. The molecule has 0 radical (unpaired) electrons. The van der Waals surface area contributed by atoms with Crippen LogP contribution in [0.2, 0.25) is 0 Å². The molecule has 33 heavy (non-hydrogen) atoms. The molecule has 0 saturated carbocycles. The van der Waals surface area contributed by atoms with Gasteiger partial charge in [-0.25, -0.2) is 9.78 Å². The van der Waals surface area contributed by atoms with Crippen molar-refractivity contribution in [2.75, 3.05) is 11.9 Å². The molecule has 1 aliphatic carbocycles. The van der Waals surface area contributed by atoms with Crippen LogP contribution in [0, 0.1) is 6.92 Å². The highest BCUT2D eigenvalue weighted by Crippen LogP contribution is 2.36. The van der Waals surface area contributed by atoms with Crippen molar-refractivity contribution in [3.63, 3.8) is 0 Å². The molecule has 166 valence electrons. The maximum atomic E-state index is 13.2. The van der Waals surface area contributed by atoms with Crippen LogP contribution < -0.4 is 5.32 Å². The number of amides is 1. The maximum Gasteiger partial charge on any atom is 0.339 e. The van der Waals surface area contributed by atoms with Gasteiger partial charge in [-0.3, -0.25) is 4.79 Å². The maximum absolute atomic E-state index is 13.2. The molecule has 1 aliphatic rings. The summed E-state index contributed by atoms with van der Waals surface area (Å²) in [5, 5.41) is 6.96. The van der Waals surface area contributed by atoms with Gasteiger partial charge in [-0.05, 0) is 61.6 Å². The summed E-state index contributed by atoms with van der Waals surface area (Å²) < 4.78 is 15.8. The molecule has 8 heteroatoms. The van der Waals surface area contributed by atoms with Crippen LogP contribution in [0.15, 0.2) is 57.7 Å². The topological polar surface area (TPSA) is 107 Å². The van der Waals surface area contributed by atoms with Gasteiger partial charge in [-0.1, -0.05) is 23.4 Å². The molecule has 8 nitrogen and oxygen atoms in total. The number of benzene rings is 1. The van der Waals surface area contributed by atoms with E-state index in [1.807, 2.05) is 42.5 Å². The first-order valence-electron chi connectivity index (χ1n) is 10.6. The Morgan fingerprint density at radius 3 is 2.85 bits per heavy atom. The fourth-order valence-corrected chi connectivity index (χ4v) is 4.06. The lowest BCUT2D eigenvalue weighted by molar-refractivity contribution is -0.119. The van der Waals surface area contributed by atoms with Gasteiger partial charge >= 0.3 is 5.97 Å². The van der Waals surface area contributed by atoms with Gasteiger partial charge in [0.1, 0.15) is 11.5 Å². The molecule has 1 amide bonds. The number of allylic oxidation sites excluding steroid dienone is 1. The zero-order valence-electron chi connectivity index (χ0n) is 18.0. The van der Waals surface area contributed by atoms with Crippen molar-refractivity contribution in [1.29, 1.82) is 0 Å². The van der Waals surface area contributed by atoms with E-state index in [2.05, 4.69) is 10.5 Å². The molecule has 3 aromatic heterocycles. The Bertz CT molecular complexity index is 1370. The number of nitrogens with zero attached hydrogens (tertiary/aromatic N) is 2. The number of pyridine rings is 1. The number of furan rings is 1. The van der Waals surface area contributed by atoms with E-state index in [0.717, 1.165) is 35.4 Å². The molecule has 0 unspecified atom stereocenters. The van der Waals surface area contributed by atoms with Crippen LogP contribution in [0.1, 0.15) is 46.0 Å². The van der Waals surface area contributed by atoms with Crippen molar-refractivity contribution in [3.05, 3.63) is 77.1 Å². The normalized spacial score (nSPS) is 14.3. The number of hydrogen-bond acceptors (Lipinski definition) is 7. The first-order valence-corrected chi connectivity index (χ1v) is 10.6. The zero-order chi connectivity index (χ0) is 22.8. The van der Waals surface area contributed by atoms with Crippen molar-refractivity contribution < 1.29 is 23.3 Å². The zero-order valence-corrected chi connectivity index (χ0v) is 18.0. The number of nitrogens with one attached hydrogen (secondary N) is 1. The third-order valence-electron chi connectivity index (χ3n) is 5.46. The van der Waals surface area contributed by atoms with Crippen LogP contribution in [-0.4, -0.2) is 28.6 Å². The third kappa shape index (κ3) is 4.27. The van der Waals surface area contributed by atoms with Crippen LogP contribution in [0.25, 0.3) is 22.6 Å². The van der Waals surface area contributed by atoms with Crippen LogP contribution >= 0.6 is 0 Å². The van der Waals surface area contributed by atoms with E-state index in [-0.39, 0.29) is 5.82 Å². The molecule has 5 rings (SSSR count). The van der Waals surface area contributed by atoms with Crippen LogP contribution in [0.3, 0.4) is 0 Å². The minimum Gasteiger partial charge on any atom is -0.465 e. The molecule has 0 fully saturated rings. The molecule has 1 aromatic carbocycles. The number of aryl methyl sites for hydroxylation is 1. The SMILES string of the molecule is Cc1cc(NC(=O)COC(=O)c2c3c(nc4ccccc24)/C(=C/c2ccco2)CCC3)no1. The van der Waals surface area contributed by atoms with Gasteiger partial charge < -0.3 is 19.0 Å². The number of rotatable bonds is 5. The lowest BCUT2D eigenvalue weighted by Crippen LogP contribution is -2.22. The number of aromatic nitrogens is 2. The number of esters is 1. The van der Waals surface area contributed by atoms with Gasteiger partial charge in [0, 0.05) is 11.5 Å². The Hall–Kier alpha value is -4.20. The van der Waals surface area contributed by atoms with E-state index < -0.39 is 18.5 Å². The minimum atomic E-state index is -0.560. The summed E-state index contributed by atoms with van der Waals surface area (Å²) in [5.74, 6) is 0.512. The predicted octanol–water partition coefficient (Wildman–Crippen LogP) is 4.80. The molecule has 3 heterocycles. The van der Waals surface area contributed by atoms with E-state index in [1.54, 1.807) is 19.3 Å². The minimum absolute atomic E-state index is 0.271. The third-order valence-corrected chi connectivity index (χ3v) is 5.46. The largest absolute Gasteiger partial charge is 0.465 e. The first-order chi connectivity index (χ1) is 16.1. The van der Waals surface area contributed by atoms with E-state index >= 15 is 0 Å². The van der Waals surface area contributed by atoms with Crippen molar-refractivity contribution >= 4 is 40.2 Å². The summed E-state index contributed by atoms with van der Waals surface area (Å²) in [7, 11) is 0. The highest BCUT2D eigenvalue weighted by atomic mass is 16.5. The molecule has 1 N–H and O–H groups in total. The Morgan fingerprint density at radius 1 is 1.18 bits per heavy atom. The highest BCUT2D eigenvalue weighted by Gasteiger charge is 2.26.